The summed E-state index contributed by atoms with van der Waals surface area (Å²) in [5.41, 5.74) is 4.11. The van der Waals surface area contributed by atoms with Gasteiger partial charge in [-0.05, 0) is 43.0 Å². The maximum Gasteiger partial charge on any atom is 0.161 e. The van der Waals surface area contributed by atoms with E-state index in [1.165, 1.54) is 0 Å². The second-order valence-electron chi connectivity index (χ2n) is 7.68. The number of halogens is 1. The van der Waals surface area contributed by atoms with Gasteiger partial charge in [-0.3, -0.25) is 4.79 Å². The Labute approximate surface area is 181 Å². The first kappa shape index (κ1) is 20.3. The number of ether oxygens (including phenoxy) is 1. The summed E-state index contributed by atoms with van der Waals surface area (Å²) in [4.78, 5) is 13.4. The third-order valence-electron chi connectivity index (χ3n) is 5.87. The molecule has 152 valence electrons. The first-order chi connectivity index (χ1) is 14.5. The molecule has 0 spiro atoms. The molecule has 5 heteroatoms. The molecule has 0 fully saturated rings. The number of nitrogens with zero attached hydrogens (tertiary/aromatic N) is 1. The molecule has 4 nitrogen and oxygen atoms in total. The van der Waals surface area contributed by atoms with Crippen LogP contribution >= 0.6 is 11.6 Å². The van der Waals surface area contributed by atoms with Gasteiger partial charge >= 0.3 is 0 Å². The lowest BCUT2D eigenvalue weighted by Gasteiger charge is -2.39. The van der Waals surface area contributed by atoms with Crippen molar-refractivity contribution in [1.82, 2.24) is 5.32 Å². The first-order valence-corrected chi connectivity index (χ1v) is 10.5. The zero-order valence-electron chi connectivity index (χ0n) is 16.8. The number of rotatable bonds is 4. The summed E-state index contributed by atoms with van der Waals surface area (Å²) in [5.74, 6) is -0.0935. The molecule has 1 heterocycles. The first-order valence-electron chi connectivity index (χ1n) is 10.1. The monoisotopic (exact) mass is 418 g/mol. The van der Waals surface area contributed by atoms with Crippen molar-refractivity contribution in [2.75, 3.05) is 6.61 Å². The van der Waals surface area contributed by atoms with Crippen LogP contribution in [0.5, 0.6) is 5.75 Å². The number of ketones is 1. The Balaban J connectivity index is 1.79. The fraction of sp³-hybridized carbons (Fsp3) is 0.280. The van der Waals surface area contributed by atoms with E-state index in [1.807, 2.05) is 55.5 Å². The van der Waals surface area contributed by atoms with Gasteiger partial charge in [-0.1, -0.05) is 48.5 Å². The molecule has 0 saturated heterocycles. The smallest absolute Gasteiger partial charge is 0.161 e. The number of carbonyl (C=O) groups excluding carboxylic acids is 1. The molecule has 0 amide bonds. The standard InChI is InChI=1S/C25H23ClN2O2/c1-3-30-23-7-5-4-6-19(23)24-20(14-27)15(2)28-21-12-17(13-22(29)25(21)24)16-8-10-18(26)11-9-16/h4-11,17,20,24,28H,2-3,12-13H2,1H3. The molecule has 1 aliphatic heterocycles. The van der Waals surface area contributed by atoms with Crippen LogP contribution in [0.3, 0.4) is 0 Å². The average molecular weight is 419 g/mol. The number of nitrogens with one attached hydrogen (secondary N) is 1. The highest BCUT2D eigenvalue weighted by Gasteiger charge is 2.43. The molecule has 0 saturated carbocycles. The summed E-state index contributed by atoms with van der Waals surface area (Å²) in [7, 11) is 0. The topological polar surface area (TPSA) is 62.1 Å². The van der Waals surface area contributed by atoms with E-state index >= 15 is 0 Å². The predicted molar refractivity (Wildman–Crippen MR) is 117 cm³/mol. The zero-order chi connectivity index (χ0) is 21.3. The molecule has 0 aromatic heterocycles. The highest BCUT2D eigenvalue weighted by Crippen LogP contribution is 2.48. The maximum absolute atomic E-state index is 13.4. The highest BCUT2D eigenvalue weighted by molar-refractivity contribution is 6.30. The van der Waals surface area contributed by atoms with Crippen LogP contribution in [0.4, 0.5) is 0 Å². The normalized spacial score (nSPS) is 23.4. The van der Waals surface area contributed by atoms with Gasteiger partial charge in [0.05, 0.1) is 18.6 Å². The van der Waals surface area contributed by atoms with Gasteiger partial charge in [-0.2, -0.15) is 5.26 Å². The molecule has 3 atom stereocenters. The van der Waals surface area contributed by atoms with Gasteiger partial charge in [0.1, 0.15) is 5.75 Å². The Morgan fingerprint density at radius 3 is 2.63 bits per heavy atom. The third kappa shape index (κ3) is 3.62. The molecule has 0 bridgehead atoms. The summed E-state index contributed by atoms with van der Waals surface area (Å²) in [6.45, 7) is 6.54. The average Bonchev–Trinajstić information content (AvgIpc) is 2.74. The fourth-order valence-electron chi connectivity index (χ4n) is 4.53. The lowest BCUT2D eigenvalue weighted by molar-refractivity contribution is -0.116. The number of para-hydroxylation sites is 1. The van der Waals surface area contributed by atoms with Crippen LogP contribution in [0, 0.1) is 17.2 Å². The molecule has 0 radical (unpaired) electrons. The van der Waals surface area contributed by atoms with E-state index in [2.05, 4.69) is 18.0 Å². The number of Topliss-reactive ketones (excluding diaryl/α,β-unsaturated/α-hetero) is 1. The predicted octanol–water partition coefficient (Wildman–Crippen LogP) is 5.48. The molecular formula is C25H23ClN2O2. The van der Waals surface area contributed by atoms with Gasteiger partial charge < -0.3 is 10.1 Å². The van der Waals surface area contributed by atoms with E-state index in [4.69, 9.17) is 16.3 Å². The Morgan fingerprint density at radius 2 is 1.93 bits per heavy atom. The maximum atomic E-state index is 13.4. The summed E-state index contributed by atoms with van der Waals surface area (Å²) < 4.78 is 5.83. The summed E-state index contributed by atoms with van der Waals surface area (Å²) in [5, 5.41) is 13.9. The van der Waals surface area contributed by atoms with E-state index in [-0.39, 0.29) is 17.6 Å². The minimum Gasteiger partial charge on any atom is -0.494 e. The van der Waals surface area contributed by atoms with E-state index in [1.54, 1.807) is 0 Å². The van der Waals surface area contributed by atoms with Crippen molar-refractivity contribution < 1.29 is 9.53 Å². The molecule has 2 aromatic rings. The Bertz CT molecular complexity index is 1070. The van der Waals surface area contributed by atoms with Crippen LogP contribution in [0.1, 0.15) is 42.7 Å². The van der Waals surface area contributed by atoms with Crippen LogP contribution in [-0.4, -0.2) is 12.4 Å². The summed E-state index contributed by atoms with van der Waals surface area (Å²) in [6, 6.07) is 17.7. The van der Waals surface area contributed by atoms with Gasteiger partial charge in [0.15, 0.2) is 5.78 Å². The number of allylic oxidation sites excluding steroid dienone is 3. The number of benzene rings is 2. The highest BCUT2D eigenvalue weighted by atomic mass is 35.5. The third-order valence-corrected chi connectivity index (χ3v) is 6.13. The van der Waals surface area contributed by atoms with Crippen molar-refractivity contribution in [1.29, 1.82) is 5.26 Å². The molecular weight excluding hydrogens is 396 g/mol. The van der Waals surface area contributed by atoms with E-state index in [9.17, 15) is 10.1 Å². The van der Waals surface area contributed by atoms with E-state index in [0.29, 0.717) is 41.5 Å². The fourth-order valence-corrected chi connectivity index (χ4v) is 4.66. The van der Waals surface area contributed by atoms with Gasteiger partial charge in [-0.25, -0.2) is 0 Å². The van der Waals surface area contributed by atoms with Crippen LogP contribution in [0.25, 0.3) is 0 Å². The van der Waals surface area contributed by atoms with Crippen molar-refractivity contribution >= 4 is 17.4 Å². The van der Waals surface area contributed by atoms with Crippen LogP contribution in [0.15, 0.2) is 72.1 Å². The number of hydrogen-bond donors (Lipinski definition) is 1. The van der Waals surface area contributed by atoms with E-state index in [0.717, 1.165) is 16.8 Å². The molecule has 2 aromatic carbocycles. The Hall–Kier alpha value is -3.03. The van der Waals surface area contributed by atoms with Crippen molar-refractivity contribution in [3.63, 3.8) is 0 Å². The molecule has 2 aliphatic rings. The van der Waals surface area contributed by atoms with Crippen LogP contribution in [-0.2, 0) is 4.79 Å². The Kier molecular flexibility index (Phi) is 5.65. The van der Waals surface area contributed by atoms with Crippen LogP contribution < -0.4 is 10.1 Å². The van der Waals surface area contributed by atoms with E-state index < -0.39 is 5.92 Å². The minimum atomic E-state index is -0.540. The summed E-state index contributed by atoms with van der Waals surface area (Å²) in [6.07, 6.45) is 1.09. The van der Waals surface area contributed by atoms with Crippen molar-refractivity contribution in [3.8, 4) is 11.8 Å². The molecule has 30 heavy (non-hydrogen) atoms. The second kappa shape index (κ2) is 8.38. The lowest BCUT2D eigenvalue weighted by Crippen LogP contribution is -2.38. The van der Waals surface area contributed by atoms with Crippen molar-refractivity contribution in [3.05, 3.63) is 88.2 Å². The molecule has 3 unspecified atom stereocenters. The largest absolute Gasteiger partial charge is 0.494 e. The molecule has 1 N–H and O–H groups in total. The Morgan fingerprint density at radius 1 is 1.20 bits per heavy atom. The van der Waals surface area contributed by atoms with Gasteiger partial charge in [0.2, 0.25) is 0 Å². The molecule has 4 rings (SSSR count). The minimum absolute atomic E-state index is 0.0627. The zero-order valence-corrected chi connectivity index (χ0v) is 17.6. The van der Waals surface area contributed by atoms with Gasteiger partial charge in [0.25, 0.3) is 0 Å². The van der Waals surface area contributed by atoms with Gasteiger partial charge in [0, 0.05) is 39.9 Å². The van der Waals surface area contributed by atoms with Crippen molar-refractivity contribution in [2.24, 2.45) is 5.92 Å². The molecule has 1 aliphatic carbocycles. The lowest BCUT2D eigenvalue weighted by atomic mass is 9.69. The number of carbonyl (C=O) groups is 1. The van der Waals surface area contributed by atoms with Gasteiger partial charge in [-0.15, -0.1) is 0 Å². The SMILES string of the molecule is C=C1NC2=C(C(=O)CC(c3ccc(Cl)cc3)C2)C(c2ccccc2OCC)C1C#N. The number of nitriles is 1. The van der Waals surface area contributed by atoms with Crippen molar-refractivity contribution in [2.45, 2.75) is 31.6 Å². The quantitative estimate of drug-likeness (QED) is 0.714. The second-order valence-corrected chi connectivity index (χ2v) is 8.11. The summed E-state index contributed by atoms with van der Waals surface area (Å²) >= 11 is 6.03. The number of hydrogen-bond acceptors (Lipinski definition) is 4. The van der Waals surface area contributed by atoms with Crippen LogP contribution in [0.2, 0.25) is 5.02 Å².